The average molecular weight is 524 g/mol. The van der Waals surface area contributed by atoms with Gasteiger partial charge < -0.3 is 23.7 Å². The Morgan fingerprint density at radius 2 is 1.22 bits per heavy atom. The largest absolute Gasteiger partial charge is 0.469 e. The quantitative estimate of drug-likeness (QED) is 0.316. The minimum Gasteiger partial charge on any atom is -0.469 e. The highest BCUT2D eigenvalue weighted by atomic mass is 16.5. The molecule has 0 spiro atoms. The molecule has 1 aliphatic heterocycles. The molecule has 37 heavy (non-hydrogen) atoms. The van der Waals surface area contributed by atoms with E-state index in [1.54, 1.807) is 0 Å². The summed E-state index contributed by atoms with van der Waals surface area (Å²) in [5.41, 5.74) is 1.41. The van der Waals surface area contributed by atoms with E-state index in [2.05, 4.69) is 0 Å². The number of hydrogen-bond donors (Lipinski definition) is 0. The normalized spacial score (nSPS) is 16.9. The van der Waals surface area contributed by atoms with Gasteiger partial charge in [0.1, 0.15) is 12.1 Å². The van der Waals surface area contributed by atoms with E-state index in [0.717, 1.165) is 0 Å². The molecule has 0 aromatic carbocycles. The third-order valence-corrected chi connectivity index (χ3v) is 6.17. The Kier molecular flexibility index (Phi) is 12.9. The Morgan fingerprint density at radius 1 is 0.784 bits per heavy atom. The van der Waals surface area contributed by atoms with Gasteiger partial charge in [-0.3, -0.25) is 34.0 Å². The van der Waals surface area contributed by atoms with E-state index in [-0.39, 0.29) is 25.7 Å². The fourth-order valence-corrected chi connectivity index (χ4v) is 4.16. The van der Waals surface area contributed by atoms with Crippen molar-refractivity contribution < 1.29 is 42.9 Å². The summed E-state index contributed by atoms with van der Waals surface area (Å²) >= 11 is 0. The number of fused-ring (bicyclic) bond motifs is 2. The Hall–Kier alpha value is -3.09. The van der Waals surface area contributed by atoms with Crippen molar-refractivity contribution in [3.05, 3.63) is 29.6 Å². The lowest BCUT2D eigenvalue weighted by molar-refractivity contribution is -0.150. The maximum absolute atomic E-state index is 12.6. The van der Waals surface area contributed by atoms with Gasteiger partial charge in [-0.15, -0.1) is 0 Å². The maximum Gasteiger partial charge on any atom is 0.323 e. The fraction of sp³-hybridized carbons (Fsp3) is 0.640. The molecule has 2 unspecified atom stereocenters. The molecule has 2 atom stereocenters. The second-order valence-corrected chi connectivity index (χ2v) is 8.48. The van der Waals surface area contributed by atoms with Crippen LogP contribution in [-0.2, 0) is 56.0 Å². The highest BCUT2D eigenvalue weighted by Gasteiger charge is 2.30. The topological polar surface area (TPSA) is 134 Å². The fourth-order valence-electron chi connectivity index (χ4n) is 4.16. The number of rotatable bonds is 10. The Morgan fingerprint density at radius 3 is 1.59 bits per heavy atom. The van der Waals surface area contributed by atoms with Crippen LogP contribution in [0.1, 0.15) is 37.1 Å². The van der Waals surface area contributed by atoms with Crippen molar-refractivity contribution in [3.63, 3.8) is 0 Å². The first-order valence-corrected chi connectivity index (χ1v) is 12.1. The van der Waals surface area contributed by atoms with Crippen LogP contribution in [0.5, 0.6) is 0 Å². The second-order valence-electron chi connectivity index (χ2n) is 8.48. The second kappa shape index (κ2) is 15.9. The van der Waals surface area contributed by atoms with Crippen molar-refractivity contribution in [2.45, 2.75) is 50.9 Å². The zero-order valence-electron chi connectivity index (χ0n) is 22.0. The standard InChI is InChI=1S/C25H37N3O9/c1-33-22(29)10-8-20(24(31)35-3)27-12-14-37-15-13-28(17-19-7-5-6-18(16-27)26-19)21(25(32)36-4)9-11-23(30)34-2/h5-7,20-21H,8-17H2,1-4H3. The minimum absolute atomic E-state index is 0.0660. The van der Waals surface area contributed by atoms with Gasteiger partial charge in [0.2, 0.25) is 0 Å². The lowest BCUT2D eigenvalue weighted by Crippen LogP contribution is -2.45. The van der Waals surface area contributed by atoms with Crippen molar-refractivity contribution in [3.8, 4) is 0 Å². The summed E-state index contributed by atoms with van der Waals surface area (Å²) in [4.78, 5) is 57.1. The molecule has 0 saturated heterocycles. The van der Waals surface area contributed by atoms with Crippen LogP contribution in [-0.4, -0.2) is 105 Å². The van der Waals surface area contributed by atoms with Gasteiger partial charge in [-0.2, -0.15) is 0 Å². The summed E-state index contributed by atoms with van der Waals surface area (Å²) in [5, 5.41) is 0. The third kappa shape index (κ3) is 9.71. The molecule has 1 aliphatic rings. The summed E-state index contributed by atoms with van der Waals surface area (Å²) in [6.07, 6.45) is 0.592. The van der Waals surface area contributed by atoms with Gasteiger partial charge in [0.25, 0.3) is 0 Å². The van der Waals surface area contributed by atoms with Gasteiger partial charge in [0, 0.05) is 39.0 Å². The molecule has 0 aliphatic carbocycles. The summed E-state index contributed by atoms with van der Waals surface area (Å²) in [7, 11) is 5.23. The van der Waals surface area contributed by atoms with Gasteiger partial charge in [0.05, 0.1) is 53.0 Å². The number of methoxy groups -OCH3 is 4. The molecule has 12 heteroatoms. The molecule has 2 bridgehead atoms. The average Bonchev–Trinajstić information content (AvgIpc) is 2.91. The third-order valence-electron chi connectivity index (χ3n) is 6.17. The molecule has 2 rings (SSSR count). The number of esters is 4. The Labute approximate surface area is 217 Å². The van der Waals surface area contributed by atoms with Crippen LogP contribution in [0.15, 0.2) is 18.2 Å². The number of carbonyl (C=O) groups excluding carboxylic acids is 4. The summed E-state index contributed by atoms with van der Waals surface area (Å²) < 4.78 is 25.3. The number of hydrogen-bond acceptors (Lipinski definition) is 12. The monoisotopic (exact) mass is 523 g/mol. The van der Waals surface area contributed by atoms with Gasteiger partial charge in [-0.05, 0) is 25.0 Å². The van der Waals surface area contributed by atoms with Crippen molar-refractivity contribution in [2.75, 3.05) is 54.7 Å². The highest BCUT2D eigenvalue weighted by Crippen LogP contribution is 2.18. The lowest BCUT2D eigenvalue weighted by Gasteiger charge is -2.32. The van der Waals surface area contributed by atoms with E-state index in [0.29, 0.717) is 50.8 Å². The molecule has 1 aromatic heterocycles. The number of nitrogens with zero attached hydrogens (tertiary/aromatic N) is 3. The molecule has 0 fully saturated rings. The van der Waals surface area contributed by atoms with Crippen LogP contribution < -0.4 is 0 Å². The zero-order valence-corrected chi connectivity index (χ0v) is 22.0. The summed E-state index contributed by atoms with van der Waals surface area (Å²) in [6, 6.07) is 4.19. The first-order valence-electron chi connectivity index (χ1n) is 12.1. The van der Waals surface area contributed by atoms with Gasteiger partial charge in [0.15, 0.2) is 0 Å². The van der Waals surface area contributed by atoms with Crippen LogP contribution in [0.4, 0.5) is 0 Å². The minimum atomic E-state index is -0.681. The Balaban J connectivity index is 2.29. The van der Waals surface area contributed by atoms with Crippen LogP contribution >= 0.6 is 0 Å². The van der Waals surface area contributed by atoms with E-state index in [1.807, 2.05) is 28.0 Å². The van der Waals surface area contributed by atoms with E-state index in [9.17, 15) is 19.2 Å². The number of carbonyl (C=O) groups is 4. The summed E-state index contributed by atoms with van der Waals surface area (Å²) in [5.74, 6) is -1.73. The Bertz CT molecular complexity index is 844. The van der Waals surface area contributed by atoms with Crippen LogP contribution in [0, 0.1) is 0 Å². The molecule has 2 heterocycles. The molecule has 0 amide bonds. The van der Waals surface area contributed by atoms with Crippen molar-refractivity contribution in [1.82, 2.24) is 14.8 Å². The molecule has 0 radical (unpaired) electrons. The maximum atomic E-state index is 12.6. The van der Waals surface area contributed by atoms with Crippen LogP contribution in [0.25, 0.3) is 0 Å². The lowest BCUT2D eigenvalue weighted by atomic mass is 10.1. The van der Waals surface area contributed by atoms with Crippen molar-refractivity contribution in [2.24, 2.45) is 0 Å². The predicted octanol–water partition coefficient (Wildman–Crippen LogP) is 0.705. The van der Waals surface area contributed by atoms with Gasteiger partial charge >= 0.3 is 23.9 Å². The molecule has 1 aromatic rings. The molecular formula is C25H37N3O9. The first-order chi connectivity index (χ1) is 17.8. The molecule has 206 valence electrons. The molecule has 12 nitrogen and oxygen atoms in total. The van der Waals surface area contributed by atoms with E-state index < -0.39 is 36.0 Å². The zero-order chi connectivity index (χ0) is 27.2. The van der Waals surface area contributed by atoms with Crippen molar-refractivity contribution in [1.29, 1.82) is 0 Å². The van der Waals surface area contributed by atoms with Crippen molar-refractivity contribution >= 4 is 23.9 Å². The number of pyridine rings is 1. The predicted molar refractivity (Wildman–Crippen MR) is 130 cm³/mol. The first kappa shape index (κ1) is 30.1. The van der Waals surface area contributed by atoms with Crippen LogP contribution in [0.3, 0.4) is 0 Å². The SMILES string of the molecule is COC(=O)CCC(C(=O)OC)N1CCOCCN(C(CCC(=O)OC)C(=O)OC)Cc2cccc(n2)C1. The molecule has 0 N–H and O–H groups in total. The van der Waals surface area contributed by atoms with Gasteiger partial charge in [-0.1, -0.05) is 6.07 Å². The van der Waals surface area contributed by atoms with Crippen LogP contribution in [0.2, 0.25) is 0 Å². The molecule has 0 saturated carbocycles. The van der Waals surface area contributed by atoms with E-state index >= 15 is 0 Å². The van der Waals surface area contributed by atoms with E-state index in [4.69, 9.17) is 28.7 Å². The summed E-state index contributed by atoms with van der Waals surface area (Å²) in [6.45, 7) is 2.00. The van der Waals surface area contributed by atoms with E-state index in [1.165, 1.54) is 28.4 Å². The smallest absolute Gasteiger partial charge is 0.323 e. The molecular weight excluding hydrogens is 486 g/mol. The number of aromatic nitrogens is 1. The number of ether oxygens (including phenoxy) is 5. The highest BCUT2D eigenvalue weighted by molar-refractivity contribution is 5.78. The van der Waals surface area contributed by atoms with Gasteiger partial charge in [-0.25, -0.2) is 0 Å².